The Morgan fingerprint density at radius 3 is 2.35 bits per heavy atom. The number of aliphatic hydroxyl groups excluding tert-OH is 5. The molecule has 126 valence electrons. The third-order valence-corrected chi connectivity index (χ3v) is 5.33. The van der Waals surface area contributed by atoms with Crippen molar-refractivity contribution in [3.63, 3.8) is 0 Å². The minimum atomic E-state index is -1.68. The molecule has 0 saturated heterocycles. The second-order valence-electron chi connectivity index (χ2n) is 4.86. The summed E-state index contributed by atoms with van der Waals surface area (Å²) in [4.78, 5) is 0. The number of nitrogens with zero attached hydrogens (tertiary/aromatic N) is 2. The van der Waals surface area contributed by atoms with Crippen LogP contribution in [0.4, 0.5) is 0 Å². The van der Waals surface area contributed by atoms with E-state index in [9.17, 15) is 20.4 Å². The van der Waals surface area contributed by atoms with Crippen LogP contribution < -0.4 is 0 Å². The molecule has 0 aliphatic carbocycles. The van der Waals surface area contributed by atoms with E-state index < -0.39 is 31.0 Å². The number of thioether (sulfide) groups is 1. The Labute approximate surface area is 141 Å². The molecule has 0 bridgehead atoms. The predicted molar refractivity (Wildman–Crippen MR) is 86.0 cm³/mol. The molecule has 0 aliphatic rings. The van der Waals surface area contributed by atoms with E-state index in [0.717, 1.165) is 16.9 Å². The lowest BCUT2D eigenvalue weighted by atomic mass is 10.0. The van der Waals surface area contributed by atoms with Crippen molar-refractivity contribution >= 4 is 23.1 Å². The number of rotatable bonds is 8. The summed E-state index contributed by atoms with van der Waals surface area (Å²) >= 11 is 2.54. The summed E-state index contributed by atoms with van der Waals surface area (Å²) in [7, 11) is 0. The van der Waals surface area contributed by atoms with E-state index in [1.807, 2.05) is 30.3 Å². The summed E-state index contributed by atoms with van der Waals surface area (Å²) in [5.41, 5.74) is 1.12. The quantitative estimate of drug-likeness (QED) is 0.415. The van der Waals surface area contributed by atoms with Crippen molar-refractivity contribution in [1.82, 2.24) is 10.2 Å². The zero-order valence-electron chi connectivity index (χ0n) is 12.1. The fourth-order valence-electron chi connectivity index (χ4n) is 1.79. The van der Waals surface area contributed by atoms with Crippen molar-refractivity contribution in [2.45, 2.75) is 34.5 Å². The second kappa shape index (κ2) is 8.69. The molecule has 0 saturated carbocycles. The van der Waals surface area contributed by atoms with Gasteiger partial charge in [0.15, 0.2) is 4.34 Å². The highest BCUT2D eigenvalue weighted by molar-refractivity contribution is 8.00. The summed E-state index contributed by atoms with van der Waals surface area (Å²) in [6.45, 7) is -0.723. The summed E-state index contributed by atoms with van der Waals surface area (Å²) in [5.74, 6) is 0.694. The fraction of sp³-hybridized carbons (Fsp3) is 0.429. The molecule has 9 heteroatoms. The Bertz CT molecular complexity index is 598. The average molecular weight is 358 g/mol. The van der Waals surface area contributed by atoms with Gasteiger partial charge in [-0.2, -0.15) is 0 Å². The molecular weight excluding hydrogens is 340 g/mol. The van der Waals surface area contributed by atoms with E-state index in [0.29, 0.717) is 10.1 Å². The Morgan fingerprint density at radius 1 is 1.00 bits per heavy atom. The number of hydrogen-bond donors (Lipinski definition) is 5. The van der Waals surface area contributed by atoms with Gasteiger partial charge in [-0.15, -0.1) is 10.2 Å². The van der Waals surface area contributed by atoms with Gasteiger partial charge >= 0.3 is 0 Å². The third-order valence-electron chi connectivity index (χ3n) is 3.13. The van der Waals surface area contributed by atoms with Gasteiger partial charge in [0.2, 0.25) is 0 Å². The second-order valence-corrected chi connectivity index (χ2v) is 7.09. The molecule has 0 fully saturated rings. The molecular formula is C14H18N2O5S2. The summed E-state index contributed by atoms with van der Waals surface area (Å²) in [5, 5.41) is 55.3. The maximum Gasteiger partial charge on any atom is 0.174 e. The van der Waals surface area contributed by atoms with E-state index in [1.165, 1.54) is 11.8 Å². The molecule has 0 spiro atoms. The van der Waals surface area contributed by atoms with Gasteiger partial charge in [0.1, 0.15) is 29.4 Å². The Kier molecular flexibility index (Phi) is 6.90. The smallest absolute Gasteiger partial charge is 0.174 e. The summed E-state index contributed by atoms with van der Waals surface area (Å²) < 4.78 is 0.618. The van der Waals surface area contributed by atoms with Gasteiger partial charge in [0, 0.05) is 5.75 Å². The molecule has 0 unspecified atom stereocenters. The van der Waals surface area contributed by atoms with Crippen molar-refractivity contribution in [3.8, 4) is 0 Å². The maximum absolute atomic E-state index is 10.00. The van der Waals surface area contributed by atoms with Crippen LogP contribution in [0.5, 0.6) is 0 Å². The summed E-state index contributed by atoms with van der Waals surface area (Å²) in [6, 6.07) is 9.78. The number of aliphatic hydroxyl groups is 5. The van der Waals surface area contributed by atoms with Gasteiger partial charge in [-0.1, -0.05) is 53.4 Å². The zero-order chi connectivity index (χ0) is 16.8. The van der Waals surface area contributed by atoms with Crippen LogP contribution >= 0.6 is 23.1 Å². The molecule has 23 heavy (non-hydrogen) atoms. The van der Waals surface area contributed by atoms with E-state index in [-0.39, 0.29) is 5.01 Å². The standard InChI is InChI=1S/C14H18N2O5S2/c17-6-9(18)10(19)11(20)12(21)13-15-16-14(23-13)22-7-8-4-2-1-3-5-8/h1-5,9-12,17-21H,6-7H2/t9-,10-,11+,12+/m1/s1. The highest BCUT2D eigenvalue weighted by atomic mass is 32.2. The first-order chi connectivity index (χ1) is 11.0. The van der Waals surface area contributed by atoms with Crippen LogP contribution in [0.15, 0.2) is 34.7 Å². The summed E-state index contributed by atoms with van der Waals surface area (Å²) in [6.07, 6.45) is -6.38. The predicted octanol–water partition coefficient (Wildman–Crippen LogP) is -0.0612. The Hall–Kier alpha value is -1.07. The van der Waals surface area contributed by atoms with Crippen molar-refractivity contribution in [2.24, 2.45) is 0 Å². The molecule has 2 aromatic rings. The van der Waals surface area contributed by atoms with Crippen LogP contribution in [0.3, 0.4) is 0 Å². The highest BCUT2D eigenvalue weighted by Crippen LogP contribution is 2.30. The fourth-order valence-corrected chi connectivity index (χ4v) is 3.64. The highest BCUT2D eigenvalue weighted by Gasteiger charge is 2.32. The van der Waals surface area contributed by atoms with Gasteiger partial charge in [0.05, 0.1) is 6.61 Å². The van der Waals surface area contributed by atoms with Gasteiger partial charge in [-0.3, -0.25) is 0 Å². The molecule has 0 aliphatic heterocycles. The average Bonchev–Trinajstić information content (AvgIpc) is 3.07. The van der Waals surface area contributed by atoms with Crippen LogP contribution in [0, 0.1) is 0 Å². The van der Waals surface area contributed by atoms with Gasteiger partial charge in [-0.05, 0) is 5.56 Å². The van der Waals surface area contributed by atoms with Crippen LogP contribution in [-0.4, -0.2) is 60.6 Å². The van der Waals surface area contributed by atoms with E-state index >= 15 is 0 Å². The van der Waals surface area contributed by atoms with Gasteiger partial charge < -0.3 is 25.5 Å². The first kappa shape index (κ1) is 18.3. The van der Waals surface area contributed by atoms with Crippen LogP contribution in [0.1, 0.15) is 16.7 Å². The first-order valence-corrected chi connectivity index (χ1v) is 8.66. The van der Waals surface area contributed by atoms with Gasteiger partial charge in [0.25, 0.3) is 0 Å². The van der Waals surface area contributed by atoms with Crippen LogP contribution in [0.2, 0.25) is 0 Å². The monoisotopic (exact) mass is 358 g/mol. The molecule has 0 radical (unpaired) electrons. The SMILES string of the molecule is OC[C@@H](O)[C@@H](O)[C@H](O)[C@H](O)c1nnc(SCc2ccccc2)s1. The Balaban J connectivity index is 1.95. The number of hydrogen-bond acceptors (Lipinski definition) is 9. The van der Waals surface area contributed by atoms with Crippen molar-refractivity contribution in [1.29, 1.82) is 0 Å². The van der Waals surface area contributed by atoms with Crippen LogP contribution in [-0.2, 0) is 5.75 Å². The number of benzene rings is 1. The minimum Gasteiger partial charge on any atom is -0.394 e. The molecule has 2 rings (SSSR count). The molecule has 1 heterocycles. The van der Waals surface area contributed by atoms with E-state index in [2.05, 4.69) is 10.2 Å². The molecule has 4 atom stereocenters. The largest absolute Gasteiger partial charge is 0.394 e. The molecule has 5 N–H and O–H groups in total. The lowest BCUT2D eigenvalue weighted by Crippen LogP contribution is -2.42. The van der Waals surface area contributed by atoms with Crippen molar-refractivity contribution in [3.05, 3.63) is 40.9 Å². The van der Waals surface area contributed by atoms with Gasteiger partial charge in [-0.25, -0.2) is 0 Å². The lowest BCUT2D eigenvalue weighted by Gasteiger charge is -2.24. The van der Waals surface area contributed by atoms with E-state index in [1.54, 1.807) is 0 Å². The molecule has 7 nitrogen and oxygen atoms in total. The maximum atomic E-state index is 10.00. The van der Waals surface area contributed by atoms with Crippen molar-refractivity contribution < 1.29 is 25.5 Å². The van der Waals surface area contributed by atoms with Crippen molar-refractivity contribution in [2.75, 3.05) is 6.61 Å². The molecule has 1 aromatic heterocycles. The normalized spacial score (nSPS) is 16.7. The van der Waals surface area contributed by atoms with E-state index in [4.69, 9.17) is 5.11 Å². The molecule has 0 amide bonds. The zero-order valence-corrected chi connectivity index (χ0v) is 13.7. The van der Waals surface area contributed by atoms with Crippen LogP contribution in [0.25, 0.3) is 0 Å². The number of aromatic nitrogens is 2. The molecule has 1 aromatic carbocycles. The third kappa shape index (κ3) is 4.95. The Morgan fingerprint density at radius 2 is 1.70 bits per heavy atom. The minimum absolute atomic E-state index is 0.136. The topological polar surface area (TPSA) is 127 Å². The first-order valence-electron chi connectivity index (χ1n) is 6.86. The lowest BCUT2D eigenvalue weighted by molar-refractivity contribution is -0.116.